The Bertz CT molecular complexity index is 981. The molecule has 0 radical (unpaired) electrons. The average Bonchev–Trinajstić information content (AvgIpc) is 2.81. The molecule has 33 heavy (non-hydrogen) atoms. The average molecular weight is 463 g/mol. The smallest absolute Gasteiger partial charge is 0.286 e. The summed E-state index contributed by atoms with van der Waals surface area (Å²) in [5.41, 5.74) is 3.40. The highest BCUT2D eigenvalue weighted by Crippen LogP contribution is 2.34. The van der Waals surface area contributed by atoms with Crippen LogP contribution in [-0.4, -0.2) is 57.4 Å². The number of ether oxygens (including phenoxy) is 5. The van der Waals surface area contributed by atoms with E-state index < -0.39 is 29.0 Å². The largest absolute Gasteiger partial charge is 0.493 e. The Kier molecular flexibility index (Phi) is 9.71. The summed E-state index contributed by atoms with van der Waals surface area (Å²) in [5, 5.41) is 11.5. The standard InChI is InChI=1S/C21H25N3O9/c1-4-31-16-7-5-6-8-17(16)33-13-20(25)22-23-21(26)14-11-18(30-3)19(32-10-9-29-2)12-15(14)24(27)28/h5-8,11-12H,4,9-10,13H2,1-3H3,(H,22,25)(H,23,26). The number of hydrogen-bond acceptors (Lipinski definition) is 9. The second kappa shape index (κ2) is 12.7. The number of carbonyl (C=O) groups is 2. The van der Waals surface area contributed by atoms with E-state index in [0.717, 1.165) is 12.1 Å². The summed E-state index contributed by atoms with van der Waals surface area (Å²) in [6, 6.07) is 9.01. The lowest BCUT2D eigenvalue weighted by Crippen LogP contribution is -2.44. The molecule has 2 N–H and O–H groups in total. The van der Waals surface area contributed by atoms with Gasteiger partial charge in [-0.15, -0.1) is 0 Å². The molecule has 0 saturated heterocycles. The molecule has 2 amide bonds. The summed E-state index contributed by atoms with van der Waals surface area (Å²) in [6.45, 7) is 2.18. The van der Waals surface area contributed by atoms with Gasteiger partial charge in [-0.3, -0.25) is 30.6 Å². The second-order valence-electron chi connectivity index (χ2n) is 6.29. The first-order valence-electron chi connectivity index (χ1n) is 9.83. The lowest BCUT2D eigenvalue weighted by molar-refractivity contribution is -0.385. The molecule has 0 bridgehead atoms. The Labute approximate surface area is 189 Å². The van der Waals surface area contributed by atoms with Gasteiger partial charge in [0.1, 0.15) is 12.2 Å². The SMILES string of the molecule is CCOc1ccccc1OCC(=O)NNC(=O)c1cc(OC)c(OCCOC)cc1[N+](=O)[O-]. The van der Waals surface area contributed by atoms with Crippen molar-refractivity contribution in [1.29, 1.82) is 0 Å². The van der Waals surface area contributed by atoms with E-state index in [1.165, 1.54) is 14.2 Å². The van der Waals surface area contributed by atoms with E-state index >= 15 is 0 Å². The molecule has 0 heterocycles. The normalized spacial score (nSPS) is 10.2. The van der Waals surface area contributed by atoms with Crippen molar-refractivity contribution >= 4 is 17.5 Å². The molecule has 0 fully saturated rings. The number of hydrazine groups is 1. The maximum absolute atomic E-state index is 12.5. The summed E-state index contributed by atoms with van der Waals surface area (Å²) >= 11 is 0. The number of benzene rings is 2. The van der Waals surface area contributed by atoms with Gasteiger partial charge >= 0.3 is 0 Å². The summed E-state index contributed by atoms with van der Waals surface area (Å²) in [5.74, 6) is -0.625. The highest BCUT2D eigenvalue weighted by molar-refractivity contribution is 5.99. The van der Waals surface area contributed by atoms with E-state index in [2.05, 4.69) is 10.9 Å². The van der Waals surface area contributed by atoms with E-state index in [9.17, 15) is 19.7 Å². The summed E-state index contributed by atoms with van der Waals surface area (Å²) < 4.78 is 26.3. The van der Waals surface area contributed by atoms with E-state index in [-0.39, 0.29) is 30.3 Å². The molecular formula is C21H25N3O9. The fraction of sp³-hybridized carbons (Fsp3) is 0.333. The summed E-state index contributed by atoms with van der Waals surface area (Å²) in [4.78, 5) is 35.3. The van der Waals surface area contributed by atoms with Gasteiger partial charge in [0.15, 0.2) is 29.6 Å². The Morgan fingerprint density at radius 2 is 1.64 bits per heavy atom. The van der Waals surface area contributed by atoms with Gasteiger partial charge in [0.05, 0.1) is 31.3 Å². The summed E-state index contributed by atoms with van der Waals surface area (Å²) in [6.07, 6.45) is 0. The zero-order valence-electron chi connectivity index (χ0n) is 18.4. The number of methoxy groups -OCH3 is 2. The third-order valence-electron chi connectivity index (χ3n) is 4.09. The second-order valence-corrected chi connectivity index (χ2v) is 6.29. The number of para-hydroxylation sites is 2. The third-order valence-corrected chi connectivity index (χ3v) is 4.09. The van der Waals surface area contributed by atoms with Crippen LogP contribution in [0.15, 0.2) is 36.4 Å². The lowest BCUT2D eigenvalue weighted by Gasteiger charge is -2.14. The number of nitrogens with one attached hydrogen (secondary N) is 2. The van der Waals surface area contributed by atoms with Gasteiger partial charge < -0.3 is 23.7 Å². The van der Waals surface area contributed by atoms with Crippen LogP contribution in [0.5, 0.6) is 23.0 Å². The van der Waals surface area contributed by atoms with Crippen LogP contribution < -0.4 is 29.8 Å². The highest BCUT2D eigenvalue weighted by atomic mass is 16.6. The Hall–Kier alpha value is -4.06. The zero-order valence-corrected chi connectivity index (χ0v) is 18.4. The van der Waals surface area contributed by atoms with Crippen molar-refractivity contribution in [3.8, 4) is 23.0 Å². The van der Waals surface area contributed by atoms with Crippen molar-refractivity contribution in [2.75, 3.05) is 40.6 Å². The quantitative estimate of drug-likeness (QED) is 0.273. The first kappa shape index (κ1) is 25.2. The number of rotatable bonds is 12. The van der Waals surface area contributed by atoms with Crippen LogP contribution in [0.3, 0.4) is 0 Å². The van der Waals surface area contributed by atoms with Crippen LogP contribution in [-0.2, 0) is 9.53 Å². The van der Waals surface area contributed by atoms with Crippen molar-refractivity contribution in [3.05, 3.63) is 52.1 Å². The maximum Gasteiger partial charge on any atom is 0.286 e. The molecule has 12 nitrogen and oxygen atoms in total. The predicted octanol–water partition coefficient (Wildman–Crippen LogP) is 1.87. The first-order chi connectivity index (χ1) is 15.9. The molecule has 0 aromatic heterocycles. The van der Waals surface area contributed by atoms with Crippen LogP contribution in [0.4, 0.5) is 5.69 Å². The van der Waals surface area contributed by atoms with Gasteiger partial charge in [0.2, 0.25) is 0 Å². The van der Waals surface area contributed by atoms with E-state index in [4.69, 9.17) is 23.7 Å². The Balaban J connectivity index is 2.05. The minimum Gasteiger partial charge on any atom is -0.493 e. The van der Waals surface area contributed by atoms with Crippen LogP contribution in [0.2, 0.25) is 0 Å². The van der Waals surface area contributed by atoms with Crippen molar-refractivity contribution in [2.45, 2.75) is 6.92 Å². The predicted molar refractivity (Wildman–Crippen MR) is 116 cm³/mol. The molecule has 2 aromatic carbocycles. The topological polar surface area (TPSA) is 147 Å². The molecule has 0 aliphatic rings. The van der Waals surface area contributed by atoms with Gasteiger partial charge in [-0.05, 0) is 19.1 Å². The molecule has 2 aromatic rings. The van der Waals surface area contributed by atoms with E-state index in [1.54, 1.807) is 24.3 Å². The maximum atomic E-state index is 12.5. The van der Waals surface area contributed by atoms with Crippen LogP contribution >= 0.6 is 0 Å². The number of hydrogen-bond donors (Lipinski definition) is 2. The van der Waals surface area contributed by atoms with Gasteiger partial charge in [-0.25, -0.2) is 0 Å². The van der Waals surface area contributed by atoms with Gasteiger partial charge in [0.25, 0.3) is 17.5 Å². The number of carbonyl (C=O) groups excluding carboxylic acids is 2. The fourth-order valence-corrected chi connectivity index (χ4v) is 2.61. The Morgan fingerprint density at radius 3 is 2.24 bits per heavy atom. The molecule has 2 rings (SSSR count). The molecule has 0 atom stereocenters. The zero-order chi connectivity index (χ0) is 24.2. The number of nitro benzene ring substituents is 1. The molecule has 0 unspecified atom stereocenters. The lowest BCUT2D eigenvalue weighted by atomic mass is 10.1. The van der Waals surface area contributed by atoms with Crippen LogP contribution in [0.1, 0.15) is 17.3 Å². The van der Waals surface area contributed by atoms with E-state index in [1.807, 2.05) is 6.92 Å². The number of amides is 2. The van der Waals surface area contributed by atoms with Crippen molar-refractivity contribution < 1.29 is 38.2 Å². The molecule has 0 spiro atoms. The molecule has 178 valence electrons. The molecule has 12 heteroatoms. The molecule has 0 saturated carbocycles. The first-order valence-corrected chi connectivity index (χ1v) is 9.83. The third kappa shape index (κ3) is 7.25. The van der Waals surface area contributed by atoms with Crippen LogP contribution in [0.25, 0.3) is 0 Å². The summed E-state index contributed by atoms with van der Waals surface area (Å²) in [7, 11) is 2.80. The number of nitro groups is 1. The number of nitrogens with zero attached hydrogens (tertiary/aromatic N) is 1. The van der Waals surface area contributed by atoms with E-state index in [0.29, 0.717) is 18.1 Å². The minimum absolute atomic E-state index is 0.0724. The fourth-order valence-electron chi connectivity index (χ4n) is 2.61. The highest BCUT2D eigenvalue weighted by Gasteiger charge is 2.25. The van der Waals surface area contributed by atoms with Crippen molar-refractivity contribution in [1.82, 2.24) is 10.9 Å². The minimum atomic E-state index is -0.925. The molecule has 0 aliphatic heterocycles. The van der Waals surface area contributed by atoms with Gasteiger partial charge in [-0.1, -0.05) is 12.1 Å². The van der Waals surface area contributed by atoms with Crippen LogP contribution in [0, 0.1) is 10.1 Å². The molecular weight excluding hydrogens is 438 g/mol. The van der Waals surface area contributed by atoms with Crippen molar-refractivity contribution in [2.24, 2.45) is 0 Å². The van der Waals surface area contributed by atoms with Gasteiger partial charge in [-0.2, -0.15) is 0 Å². The van der Waals surface area contributed by atoms with Gasteiger partial charge in [0, 0.05) is 13.2 Å². The monoisotopic (exact) mass is 463 g/mol. The van der Waals surface area contributed by atoms with Crippen molar-refractivity contribution in [3.63, 3.8) is 0 Å². The Morgan fingerprint density at radius 1 is 0.939 bits per heavy atom. The molecule has 0 aliphatic carbocycles.